The van der Waals surface area contributed by atoms with Gasteiger partial charge in [0.2, 0.25) is 0 Å². The van der Waals surface area contributed by atoms with Gasteiger partial charge in [-0.15, -0.1) is 0 Å². The predicted octanol–water partition coefficient (Wildman–Crippen LogP) is 5.40. The highest BCUT2D eigenvalue weighted by Gasteiger charge is 2.39. The maximum Gasteiger partial charge on any atom is 0.124 e. The maximum atomic E-state index is 14.4. The molecule has 2 aromatic heterocycles. The number of anilines is 1. The lowest BCUT2D eigenvalue weighted by Crippen LogP contribution is -2.44. The number of fused-ring (bicyclic) bond motifs is 1. The minimum atomic E-state index is -0.204. The number of hydrogen-bond acceptors (Lipinski definition) is 5. The number of halogens is 1. The molecule has 1 saturated heterocycles. The summed E-state index contributed by atoms with van der Waals surface area (Å²) in [6.07, 6.45) is 4.01. The molecule has 1 aliphatic heterocycles. The molecule has 4 N–H and O–H groups in total. The van der Waals surface area contributed by atoms with Crippen molar-refractivity contribution in [3.63, 3.8) is 0 Å². The highest BCUT2D eigenvalue weighted by atomic mass is 19.1. The van der Waals surface area contributed by atoms with E-state index in [1.807, 2.05) is 6.07 Å². The average molecular weight is 459 g/mol. The lowest BCUT2D eigenvalue weighted by Gasteiger charge is -2.34. The molecule has 0 amide bonds. The largest absolute Gasteiger partial charge is 0.369 e. The van der Waals surface area contributed by atoms with Gasteiger partial charge >= 0.3 is 0 Å². The van der Waals surface area contributed by atoms with Crippen molar-refractivity contribution >= 4 is 16.6 Å². The number of nitrogens with one attached hydrogen (secondary N) is 1. The lowest BCUT2D eigenvalue weighted by molar-refractivity contribution is 0.313. The van der Waals surface area contributed by atoms with Gasteiger partial charge in [0, 0.05) is 48.4 Å². The summed E-state index contributed by atoms with van der Waals surface area (Å²) >= 11 is 0. The summed E-state index contributed by atoms with van der Waals surface area (Å²) in [5.41, 5.74) is 6.82. The molecular formula is C27H31FN6. The molecule has 2 fully saturated rings. The van der Waals surface area contributed by atoms with Gasteiger partial charge in [-0.05, 0) is 67.3 Å². The second kappa shape index (κ2) is 8.49. The van der Waals surface area contributed by atoms with Crippen molar-refractivity contribution < 1.29 is 4.39 Å². The van der Waals surface area contributed by atoms with Gasteiger partial charge in [0.15, 0.2) is 0 Å². The van der Waals surface area contributed by atoms with Crippen LogP contribution in [0.15, 0.2) is 54.7 Å². The molecule has 176 valence electrons. The van der Waals surface area contributed by atoms with Crippen LogP contribution in [0.25, 0.3) is 33.4 Å². The van der Waals surface area contributed by atoms with Crippen molar-refractivity contribution in [2.24, 2.45) is 0 Å². The molecule has 3 heterocycles. The molecular weight excluding hydrogens is 427 g/mol. The number of hydrogen-bond donors (Lipinski definition) is 2. The van der Waals surface area contributed by atoms with Crippen LogP contribution in [0.4, 0.5) is 10.1 Å². The van der Waals surface area contributed by atoms with Crippen molar-refractivity contribution in [1.82, 2.24) is 26.2 Å². The maximum absolute atomic E-state index is 14.4. The fraction of sp³-hybridized carbons (Fsp3) is 0.333. The van der Waals surface area contributed by atoms with E-state index in [4.69, 9.17) is 0 Å². The standard InChI is InChI=1S/C27H28FN5.H3N/c1-27(7-8-27)20-13-19(14-21(28)15-20)24-16-23-25(17-29-24)30-31-26(23)18-3-5-22(6-4-18)33-11-9-32(2)10-12-33;/h3-6,13-17H,7-12H2,1-2H3,(H,30,31);1H3. The van der Waals surface area contributed by atoms with E-state index >= 15 is 0 Å². The smallest absolute Gasteiger partial charge is 0.124 e. The van der Waals surface area contributed by atoms with Crippen LogP contribution in [0.2, 0.25) is 0 Å². The number of aromatic nitrogens is 3. The fourth-order valence-electron chi connectivity index (χ4n) is 4.75. The van der Waals surface area contributed by atoms with Crippen LogP contribution in [-0.2, 0) is 5.41 Å². The first-order chi connectivity index (χ1) is 16.0. The molecule has 2 aromatic carbocycles. The molecule has 0 bridgehead atoms. The summed E-state index contributed by atoms with van der Waals surface area (Å²) < 4.78 is 14.4. The van der Waals surface area contributed by atoms with E-state index in [0.29, 0.717) is 0 Å². The second-order valence-corrected chi connectivity index (χ2v) is 9.81. The Kier molecular flexibility index (Phi) is 5.62. The SMILES string of the molecule is CN1CCN(c2ccc(-c3n[nH]c4cnc(-c5cc(F)cc(C6(C)CC6)c5)cc34)cc2)CC1.N. The number of H-pyrrole nitrogens is 1. The monoisotopic (exact) mass is 458 g/mol. The minimum absolute atomic E-state index is 0. The highest BCUT2D eigenvalue weighted by Crippen LogP contribution is 2.48. The Hall–Kier alpha value is -3.29. The molecule has 0 unspecified atom stereocenters. The molecule has 6 nitrogen and oxygen atoms in total. The van der Waals surface area contributed by atoms with Gasteiger partial charge in [-0.1, -0.05) is 19.1 Å². The summed E-state index contributed by atoms with van der Waals surface area (Å²) in [4.78, 5) is 9.39. The van der Waals surface area contributed by atoms with Gasteiger partial charge in [0.1, 0.15) is 11.5 Å². The first-order valence-electron chi connectivity index (χ1n) is 11.7. The van der Waals surface area contributed by atoms with E-state index in [1.165, 1.54) is 5.69 Å². The molecule has 6 rings (SSSR count). The van der Waals surface area contributed by atoms with Crippen molar-refractivity contribution in [3.8, 4) is 22.5 Å². The Labute approximate surface area is 199 Å². The number of nitrogens with zero attached hydrogens (tertiary/aromatic N) is 4. The highest BCUT2D eigenvalue weighted by molar-refractivity contribution is 5.94. The molecule has 1 saturated carbocycles. The summed E-state index contributed by atoms with van der Waals surface area (Å²) in [6.45, 7) is 6.46. The average Bonchev–Trinajstić information content (AvgIpc) is 3.45. The second-order valence-electron chi connectivity index (χ2n) is 9.81. The zero-order valence-corrected chi connectivity index (χ0v) is 19.8. The third kappa shape index (κ3) is 4.06. The molecule has 1 aliphatic carbocycles. The normalized spacial score (nSPS) is 17.6. The van der Waals surface area contributed by atoms with Crippen molar-refractivity contribution in [3.05, 3.63) is 66.1 Å². The summed E-state index contributed by atoms with van der Waals surface area (Å²) in [5, 5.41) is 8.68. The first-order valence-corrected chi connectivity index (χ1v) is 11.7. The number of rotatable bonds is 4. The Morgan fingerprint density at radius 1 is 0.941 bits per heavy atom. The van der Waals surface area contributed by atoms with Crippen LogP contribution in [0, 0.1) is 5.82 Å². The van der Waals surface area contributed by atoms with E-state index < -0.39 is 0 Å². The van der Waals surface area contributed by atoms with Gasteiger partial charge < -0.3 is 16.0 Å². The van der Waals surface area contributed by atoms with Crippen LogP contribution in [-0.4, -0.2) is 53.3 Å². The summed E-state index contributed by atoms with van der Waals surface area (Å²) in [6, 6.07) is 16.0. The molecule has 2 aliphatic rings. The molecule has 4 aromatic rings. The van der Waals surface area contributed by atoms with E-state index in [-0.39, 0.29) is 17.4 Å². The first kappa shape index (κ1) is 22.5. The number of piperazine rings is 1. The summed E-state index contributed by atoms with van der Waals surface area (Å²) in [7, 11) is 2.17. The Morgan fingerprint density at radius 3 is 2.38 bits per heavy atom. The number of pyridine rings is 1. The van der Waals surface area contributed by atoms with Crippen LogP contribution in [0.1, 0.15) is 25.3 Å². The zero-order chi connectivity index (χ0) is 22.6. The van der Waals surface area contributed by atoms with Crippen LogP contribution in [0.3, 0.4) is 0 Å². The van der Waals surface area contributed by atoms with E-state index in [9.17, 15) is 4.39 Å². The molecule has 0 radical (unpaired) electrons. The molecule has 0 atom stereocenters. The fourth-order valence-corrected chi connectivity index (χ4v) is 4.75. The van der Waals surface area contributed by atoms with Gasteiger partial charge in [0.05, 0.1) is 17.4 Å². The zero-order valence-electron chi connectivity index (χ0n) is 19.8. The predicted molar refractivity (Wildman–Crippen MR) is 136 cm³/mol. The van der Waals surface area contributed by atoms with Crippen molar-refractivity contribution in [2.75, 3.05) is 38.1 Å². The van der Waals surface area contributed by atoms with E-state index in [2.05, 4.69) is 69.3 Å². The number of aromatic amines is 1. The summed E-state index contributed by atoms with van der Waals surface area (Å²) in [5.74, 6) is -0.204. The van der Waals surface area contributed by atoms with Crippen molar-refractivity contribution in [2.45, 2.75) is 25.2 Å². The van der Waals surface area contributed by atoms with E-state index in [0.717, 1.165) is 78.0 Å². The van der Waals surface area contributed by atoms with E-state index in [1.54, 1.807) is 18.3 Å². The lowest BCUT2D eigenvalue weighted by atomic mass is 9.95. The number of likely N-dealkylation sites (N-methyl/N-ethyl adjacent to an activating group) is 1. The van der Waals surface area contributed by atoms with Gasteiger partial charge in [0.25, 0.3) is 0 Å². The number of benzene rings is 2. The molecule has 34 heavy (non-hydrogen) atoms. The van der Waals surface area contributed by atoms with Crippen molar-refractivity contribution in [1.29, 1.82) is 0 Å². The Balaban J connectivity index is 0.00000241. The Bertz CT molecular complexity index is 1320. The van der Waals surface area contributed by atoms with Gasteiger partial charge in [-0.3, -0.25) is 10.1 Å². The minimum Gasteiger partial charge on any atom is -0.369 e. The molecule has 0 spiro atoms. The topological polar surface area (TPSA) is 83.0 Å². The quantitative estimate of drug-likeness (QED) is 0.428. The molecule has 7 heteroatoms. The third-order valence-electron chi connectivity index (χ3n) is 7.35. The van der Waals surface area contributed by atoms with Crippen LogP contribution in [0.5, 0.6) is 0 Å². The van der Waals surface area contributed by atoms with Gasteiger partial charge in [-0.2, -0.15) is 5.10 Å². The van der Waals surface area contributed by atoms with Crippen LogP contribution < -0.4 is 11.1 Å². The van der Waals surface area contributed by atoms with Gasteiger partial charge in [-0.25, -0.2) is 4.39 Å². The van der Waals surface area contributed by atoms with Crippen LogP contribution >= 0.6 is 0 Å². The Morgan fingerprint density at radius 2 is 1.68 bits per heavy atom. The third-order valence-corrected chi connectivity index (χ3v) is 7.35.